The molecule has 8 heteroatoms. The lowest BCUT2D eigenvalue weighted by atomic mass is 9.86. The minimum atomic E-state index is -1.78. The quantitative estimate of drug-likeness (QED) is 0.877. The fourth-order valence-electron chi connectivity index (χ4n) is 3.29. The van der Waals surface area contributed by atoms with Crippen LogP contribution in [0.15, 0.2) is 36.4 Å². The number of rotatable bonds is 4. The van der Waals surface area contributed by atoms with Gasteiger partial charge in [0.25, 0.3) is 0 Å². The average molecular weight is 352 g/mol. The Hall–Kier alpha value is -2.58. The second-order valence-electron chi connectivity index (χ2n) is 5.70. The Bertz CT molecular complexity index is 829. The maximum atomic E-state index is 14.6. The first-order valence-corrected chi connectivity index (χ1v) is 7.35. The summed E-state index contributed by atoms with van der Waals surface area (Å²) in [5.74, 6) is -3.19. The molecule has 0 fully saturated rings. The van der Waals surface area contributed by atoms with Gasteiger partial charge < -0.3 is 20.5 Å². The molecule has 1 unspecified atom stereocenters. The van der Waals surface area contributed by atoms with Crippen molar-refractivity contribution >= 4 is 11.6 Å². The molecule has 0 aromatic heterocycles. The van der Waals surface area contributed by atoms with Crippen LogP contribution >= 0.6 is 0 Å². The van der Waals surface area contributed by atoms with Gasteiger partial charge in [0.05, 0.1) is 17.8 Å². The van der Waals surface area contributed by atoms with Crippen LogP contribution in [0.5, 0.6) is 0 Å². The number of fused-ring (bicyclic) bond motifs is 1. The van der Waals surface area contributed by atoms with E-state index in [0.29, 0.717) is 6.07 Å². The van der Waals surface area contributed by atoms with Gasteiger partial charge in [-0.2, -0.15) is 0 Å². The number of carbonyl (C=O) groups is 1. The number of amides is 1. The van der Waals surface area contributed by atoms with Crippen LogP contribution in [0.25, 0.3) is 0 Å². The molecule has 1 aliphatic heterocycles. The van der Waals surface area contributed by atoms with E-state index in [1.807, 2.05) is 0 Å². The predicted octanol–water partition coefficient (Wildman–Crippen LogP) is 1.62. The molecule has 5 nitrogen and oxygen atoms in total. The van der Waals surface area contributed by atoms with Crippen molar-refractivity contribution in [1.29, 1.82) is 0 Å². The van der Waals surface area contributed by atoms with Gasteiger partial charge in [0, 0.05) is 13.2 Å². The Morgan fingerprint density at radius 2 is 1.88 bits per heavy atom. The molecule has 0 radical (unpaired) electrons. The number of ether oxygens (including phenoxy) is 1. The van der Waals surface area contributed by atoms with E-state index >= 15 is 0 Å². The third-order valence-electron chi connectivity index (χ3n) is 4.30. The van der Waals surface area contributed by atoms with Crippen molar-refractivity contribution in [1.82, 2.24) is 0 Å². The van der Waals surface area contributed by atoms with Crippen LogP contribution in [0.1, 0.15) is 11.1 Å². The van der Waals surface area contributed by atoms with Crippen LogP contribution < -0.4 is 10.6 Å². The smallest absolute Gasteiger partial charge is 0.237 e. The molecule has 2 atom stereocenters. The highest BCUT2D eigenvalue weighted by molar-refractivity contribution is 5.82. The molecule has 0 saturated carbocycles. The molecule has 2 aromatic carbocycles. The maximum absolute atomic E-state index is 14.6. The van der Waals surface area contributed by atoms with E-state index in [4.69, 9.17) is 10.5 Å². The Morgan fingerprint density at radius 1 is 1.24 bits per heavy atom. The summed E-state index contributed by atoms with van der Waals surface area (Å²) in [4.78, 5) is 12.4. The van der Waals surface area contributed by atoms with E-state index in [9.17, 15) is 23.1 Å². The minimum Gasteiger partial charge on any atom is -0.370 e. The fraction of sp³-hybridized carbons (Fsp3) is 0.235. The number of aliphatic hydroxyl groups is 1. The first-order valence-electron chi connectivity index (χ1n) is 7.35. The third kappa shape index (κ3) is 2.54. The summed E-state index contributed by atoms with van der Waals surface area (Å²) >= 11 is 0. The second-order valence-corrected chi connectivity index (χ2v) is 5.70. The molecule has 0 spiro atoms. The summed E-state index contributed by atoms with van der Waals surface area (Å²) in [6.45, 7) is -0.483. The van der Waals surface area contributed by atoms with Gasteiger partial charge in [-0.05, 0) is 23.8 Å². The van der Waals surface area contributed by atoms with E-state index in [1.54, 1.807) is 0 Å². The van der Waals surface area contributed by atoms with Crippen LogP contribution in [0.4, 0.5) is 18.9 Å². The Labute approximate surface area is 141 Å². The van der Waals surface area contributed by atoms with Gasteiger partial charge >= 0.3 is 0 Å². The summed E-state index contributed by atoms with van der Waals surface area (Å²) < 4.78 is 47.1. The zero-order valence-corrected chi connectivity index (χ0v) is 13.2. The highest BCUT2D eigenvalue weighted by Crippen LogP contribution is 2.50. The molecule has 0 saturated heterocycles. The molecule has 3 N–H and O–H groups in total. The predicted molar refractivity (Wildman–Crippen MR) is 83.1 cm³/mol. The Morgan fingerprint density at radius 3 is 2.44 bits per heavy atom. The first kappa shape index (κ1) is 17.2. The van der Waals surface area contributed by atoms with Crippen molar-refractivity contribution in [2.75, 3.05) is 18.6 Å². The third-order valence-corrected chi connectivity index (χ3v) is 4.30. The molecule has 2 aromatic rings. The van der Waals surface area contributed by atoms with E-state index in [2.05, 4.69) is 0 Å². The number of anilines is 1. The number of halogens is 3. The van der Waals surface area contributed by atoms with Crippen LogP contribution in [-0.2, 0) is 15.1 Å². The number of hydrogen-bond donors (Lipinski definition) is 2. The lowest BCUT2D eigenvalue weighted by Crippen LogP contribution is -2.49. The van der Waals surface area contributed by atoms with E-state index in [0.717, 1.165) is 23.1 Å². The Kier molecular flexibility index (Phi) is 4.18. The van der Waals surface area contributed by atoms with E-state index in [-0.39, 0.29) is 16.8 Å². The number of benzene rings is 2. The molecule has 132 valence electrons. The summed E-state index contributed by atoms with van der Waals surface area (Å²) in [5, 5.41) is 10.8. The molecular weight excluding hydrogens is 337 g/mol. The monoisotopic (exact) mass is 352 g/mol. The molecule has 25 heavy (non-hydrogen) atoms. The number of hydrogen-bond acceptors (Lipinski definition) is 4. The van der Waals surface area contributed by atoms with Crippen LogP contribution in [0.3, 0.4) is 0 Å². The lowest BCUT2D eigenvalue weighted by Gasteiger charge is -2.34. The van der Waals surface area contributed by atoms with Gasteiger partial charge in [-0.3, -0.25) is 4.79 Å². The lowest BCUT2D eigenvalue weighted by molar-refractivity contribution is -0.118. The number of nitrogens with two attached hydrogens (primary N) is 1. The number of carbonyl (C=O) groups excluding carboxylic acids is 1. The van der Waals surface area contributed by atoms with E-state index in [1.165, 1.54) is 19.2 Å². The summed E-state index contributed by atoms with van der Waals surface area (Å²) in [5.41, 5.74) is 3.43. The Balaban J connectivity index is 2.30. The number of aliphatic hydroxyl groups excluding tert-OH is 1. The standard InChI is InChI=1S/C17H15F3N2O3/c1-25-17(9-2-4-10(18)5-3-9)15-12(20)6-11(19)7-13(15)22(16(17)24)8-14(21)23/h2-7,16,24H,8H2,1H3,(H2,21,23)/t16?,17-/m0/s1. The van der Waals surface area contributed by atoms with Crippen LogP contribution in [0.2, 0.25) is 0 Å². The van der Waals surface area contributed by atoms with Crippen LogP contribution in [0, 0.1) is 17.5 Å². The number of primary amides is 1. The van der Waals surface area contributed by atoms with Crippen molar-refractivity contribution < 1.29 is 27.8 Å². The molecule has 0 bridgehead atoms. The first-order chi connectivity index (χ1) is 11.8. The molecule has 1 aliphatic rings. The zero-order chi connectivity index (χ0) is 18.4. The van der Waals surface area contributed by atoms with Gasteiger partial charge in [-0.25, -0.2) is 13.2 Å². The summed E-state index contributed by atoms with van der Waals surface area (Å²) in [6.07, 6.45) is -1.58. The summed E-state index contributed by atoms with van der Waals surface area (Å²) in [7, 11) is 1.23. The van der Waals surface area contributed by atoms with Gasteiger partial charge in [0.15, 0.2) is 11.8 Å². The number of nitrogens with zero attached hydrogens (tertiary/aromatic N) is 1. The zero-order valence-electron chi connectivity index (χ0n) is 13.2. The molecule has 1 amide bonds. The highest BCUT2D eigenvalue weighted by Gasteiger charge is 2.54. The maximum Gasteiger partial charge on any atom is 0.237 e. The number of methoxy groups -OCH3 is 1. The molecule has 0 aliphatic carbocycles. The molecule has 1 heterocycles. The summed E-state index contributed by atoms with van der Waals surface area (Å²) in [6, 6.07) is 6.53. The van der Waals surface area contributed by atoms with E-state index < -0.39 is 41.7 Å². The van der Waals surface area contributed by atoms with Crippen molar-refractivity contribution in [3.63, 3.8) is 0 Å². The SMILES string of the molecule is CO[C@@]1(c2ccc(F)cc2)c2c(F)cc(F)cc2N(CC(N)=O)C1O. The van der Waals surface area contributed by atoms with Crippen molar-refractivity contribution in [3.05, 3.63) is 65.0 Å². The topological polar surface area (TPSA) is 75.8 Å². The minimum absolute atomic E-state index is 0.0602. The van der Waals surface area contributed by atoms with Crippen LogP contribution in [-0.4, -0.2) is 30.9 Å². The average Bonchev–Trinajstić information content (AvgIpc) is 2.78. The normalized spacial score (nSPS) is 22.1. The van der Waals surface area contributed by atoms with Gasteiger partial charge in [0.2, 0.25) is 5.91 Å². The van der Waals surface area contributed by atoms with Gasteiger partial charge in [0.1, 0.15) is 17.5 Å². The molecule has 3 rings (SSSR count). The van der Waals surface area contributed by atoms with Crippen molar-refractivity contribution in [2.24, 2.45) is 5.73 Å². The molecular formula is C17H15F3N2O3. The van der Waals surface area contributed by atoms with Crippen molar-refractivity contribution in [3.8, 4) is 0 Å². The van der Waals surface area contributed by atoms with Crippen molar-refractivity contribution in [2.45, 2.75) is 11.8 Å². The largest absolute Gasteiger partial charge is 0.370 e. The highest BCUT2D eigenvalue weighted by atomic mass is 19.1. The fourth-order valence-corrected chi connectivity index (χ4v) is 3.29. The van der Waals surface area contributed by atoms with Gasteiger partial charge in [-0.1, -0.05) is 12.1 Å². The second kappa shape index (κ2) is 6.05. The van der Waals surface area contributed by atoms with Gasteiger partial charge in [-0.15, -0.1) is 0 Å².